The van der Waals surface area contributed by atoms with Gasteiger partial charge in [0.2, 0.25) is 0 Å². The van der Waals surface area contributed by atoms with E-state index >= 15 is 0 Å². The van der Waals surface area contributed by atoms with E-state index in [1.807, 2.05) is 18.2 Å². The fourth-order valence-electron chi connectivity index (χ4n) is 2.06. The fraction of sp³-hybridized carbons (Fsp3) is 0.438. The number of benzene rings is 1. The van der Waals surface area contributed by atoms with Crippen molar-refractivity contribution in [3.8, 4) is 16.3 Å². The van der Waals surface area contributed by atoms with Gasteiger partial charge in [-0.15, -0.1) is 11.3 Å². The molecule has 4 heteroatoms. The second-order valence-electron chi connectivity index (χ2n) is 4.65. The number of methoxy groups -OCH3 is 1. The molecule has 0 radical (unpaired) electrons. The summed E-state index contributed by atoms with van der Waals surface area (Å²) in [5.41, 5.74) is 2.34. The molecule has 1 aromatic heterocycles. The molecule has 0 spiro atoms. The Morgan fingerprint density at radius 2 is 2.15 bits per heavy atom. The summed E-state index contributed by atoms with van der Waals surface area (Å²) in [5, 5.41) is 4.54. The molecule has 0 fully saturated rings. The fourth-order valence-corrected chi connectivity index (χ4v) is 3.17. The van der Waals surface area contributed by atoms with Crippen molar-refractivity contribution >= 4 is 11.3 Å². The van der Waals surface area contributed by atoms with E-state index in [4.69, 9.17) is 9.72 Å². The van der Waals surface area contributed by atoms with Crippen LogP contribution in [0, 0.1) is 0 Å². The Kier molecular flexibility index (Phi) is 5.56. The van der Waals surface area contributed by atoms with Gasteiger partial charge < -0.3 is 10.1 Å². The molecule has 0 aliphatic carbocycles. The van der Waals surface area contributed by atoms with Gasteiger partial charge in [0, 0.05) is 17.0 Å². The first-order valence-electron chi connectivity index (χ1n) is 7.12. The lowest BCUT2D eigenvalue weighted by molar-refractivity contribution is 0.415. The number of aryl methyl sites for hydroxylation is 1. The summed E-state index contributed by atoms with van der Waals surface area (Å²) in [4.78, 5) is 6.12. The molecule has 1 heterocycles. The zero-order chi connectivity index (χ0) is 14.4. The molecule has 0 saturated carbocycles. The smallest absolute Gasteiger partial charge is 0.124 e. The summed E-state index contributed by atoms with van der Waals surface area (Å²) in [7, 11) is 1.69. The predicted molar refractivity (Wildman–Crippen MR) is 85.5 cm³/mol. The van der Waals surface area contributed by atoms with Crippen molar-refractivity contribution < 1.29 is 4.74 Å². The van der Waals surface area contributed by atoms with Gasteiger partial charge in [-0.3, -0.25) is 0 Å². The molecule has 1 N–H and O–H groups in total. The molecule has 0 aliphatic rings. The molecular formula is C16H22N2OS. The Hall–Kier alpha value is -1.39. The number of nitrogens with one attached hydrogen (secondary N) is 1. The zero-order valence-electron chi connectivity index (χ0n) is 12.4. The Bertz CT molecular complexity index is 551. The third kappa shape index (κ3) is 3.58. The van der Waals surface area contributed by atoms with Crippen LogP contribution in [0.25, 0.3) is 10.6 Å². The van der Waals surface area contributed by atoms with E-state index in [1.54, 1.807) is 18.4 Å². The summed E-state index contributed by atoms with van der Waals surface area (Å²) >= 11 is 1.78. The summed E-state index contributed by atoms with van der Waals surface area (Å²) in [6.07, 6.45) is 2.13. The molecule has 0 unspecified atom stereocenters. The highest BCUT2D eigenvalue weighted by atomic mass is 32.1. The molecule has 3 nitrogen and oxygen atoms in total. The van der Waals surface area contributed by atoms with Crippen LogP contribution in [0.3, 0.4) is 0 Å². The molecule has 0 atom stereocenters. The van der Waals surface area contributed by atoms with E-state index < -0.39 is 0 Å². The lowest BCUT2D eigenvalue weighted by Crippen LogP contribution is -2.13. The standard InChI is InChI=1S/C16H22N2OS/c1-4-9-17-11-15-14(5-2)18-16(20-15)12-7-6-8-13(10-12)19-3/h6-8,10,17H,4-5,9,11H2,1-3H3. The molecule has 0 aliphatic heterocycles. The zero-order valence-corrected chi connectivity index (χ0v) is 13.2. The van der Waals surface area contributed by atoms with Gasteiger partial charge in [-0.1, -0.05) is 26.0 Å². The Morgan fingerprint density at radius 3 is 2.85 bits per heavy atom. The molecular weight excluding hydrogens is 268 g/mol. The number of rotatable bonds is 7. The van der Waals surface area contributed by atoms with Crippen LogP contribution in [0.1, 0.15) is 30.8 Å². The minimum atomic E-state index is 0.876. The second-order valence-corrected chi connectivity index (χ2v) is 5.73. The van der Waals surface area contributed by atoms with Crippen LogP contribution in [-0.4, -0.2) is 18.6 Å². The van der Waals surface area contributed by atoms with E-state index in [2.05, 4.69) is 25.2 Å². The van der Waals surface area contributed by atoms with E-state index in [0.717, 1.165) is 42.3 Å². The number of ether oxygens (including phenoxy) is 1. The first-order valence-corrected chi connectivity index (χ1v) is 7.93. The average molecular weight is 290 g/mol. The Labute approximate surface area is 125 Å². The van der Waals surface area contributed by atoms with Crippen LogP contribution in [0.15, 0.2) is 24.3 Å². The van der Waals surface area contributed by atoms with Gasteiger partial charge in [0.25, 0.3) is 0 Å². The van der Waals surface area contributed by atoms with Crippen LogP contribution < -0.4 is 10.1 Å². The van der Waals surface area contributed by atoms with Crippen molar-refractivity contribution in [3.63, 3.8) is 0 Å². The lowest BCUT2D eigenvalue weighted by atomic mass is 10.2. The second kappa shape index (κ2) is 7.41. The molecule has 0 bridgehead atoms. The topological polar surface area (TPSA) is 34.1 Å². The largest absolute Gasteiger partial charge is 0.497 e. The number of hydrogen-bond acceptors (Lipinski definition) is 4. The molecule has 0 amide bonds. The lowest BCUT2D eigenvalue weighted by Gasteiger charge is -2.01. The molecule has 2 aromatic rings. The van der Waals surface area contributed by atoms with Crippen molar-refractivity contribution in [2.75, 3.05) is 13.7 Å². The van der Waals surface area contributed by atoms with Crippen molar-refractivity contribution in [3.05, 3.63) is 34.8 Å². The molecule has 20 heavy (non-hydrogen) atoms. The van der Waals surface area contributed by atoms with Gasteiger partial charge in [0.1, 0.15) is 10.8 Å². The van der Waals surface area contributed by atoms with Gasteiger partial charge in [-0.2, -0.15) is 0 Å². The number of nitrogens with zero attached hydrogens (tertiary/aromatic N) is 1. The predicted octanol–water partition coefficient (Wildman–Crippen LogP) is 3.88. The summed E-state index contributed by atoms with van der Waals surface area (Å²) in [6, 6.07) is 8.10. The maximum absolute atomic E-state index is 5.28. The van der Waals surface area contributed by atoms with Crippen LogP contribution in [-0.2, 0) is 13.0 Å². The summed E-state index contributed by atoms with van der Waals surface area (Å²) in [5.74, 6) is 0.876. The monoisotopic (exact) mass is 290 g/mol. The summed E-state index contributed by atoms with van der Waals surface area (Å²) < 4.78 is 5.28. The SMILES string of the molecule is CCCNCc1sc(-c2cccc(OC)c2)nc1CC. The molecule has 108 valence electrons. The van der Waals surface area contributed by atoms with Gasteiger partial charge in [-0.05, 0) is 31.5 Å². The highest BCUT2D eigenvalue weighted by molar-refractivity contribution is 7.15. The summed E-state index contributed by atoms with van der Waals surface area (Å²) in [6.45, 7) is 6.31. The maximum atomic E-state index is 5.28. The minimum absolute atomic E-state index is 0.876. The molecule has 0 saturated heterocycles. The van der Waals surface area contributed by atoms with Crippen molar-refractivity contribution in [2.24, 2.45) is 0 Å². The van der Waals surface area contributed by atoms with Gasteiger partial charge in [0.15, 0.2) is 0 Å². The normalized spacial score (nSPS) is 10.8. The molecule has 2 rings (SSSR count). The quantitative estimate of drug-likeness (QED) is 0.786. The van der Waals surface area contributed by atoms with Crippen molar-refractivity contribution in [2.45, 2.75) is 33.2 Å². The van der Waals surface area contributed by atoms with Crippen molar-refractivity contribution in [1.29, 1.82) is 0 Å². The van der Waals surface area contributed by atoms with Crippen LogP contribution in [0.2, 0.25) is 0 Å². The van der Waals surface area contributed by atoms with Gasteiger partial charge in [-0.25, -0.2) is 4.98 Å². The van der Waals surface area contributed by atoms with E-state index in [0.29, 0.717) is 0 Å². The first kappa shape index (κ1) is 15.0. The maximum Gasteiger partial charge on any atom is 0.124 e. The first-order chi connectivity index (χ1) is 9.78. The minimum Gasteiger partial charge on any atom is -0.497 e. The highest BCUT2D eigenvalue weighted by Crippen LogP contribution is 2.30. The van der Waals surface area contributed by atoms with E-state index in [-0.39, 0.29) is 0 Å². The van der Waals surface area contributed by atoms with Crippen LogP contribution in [0.4, 0.5) is 0 Å². The average Bonchev–Trinajstić information content (AvgIpc) is 2.91. The van der Waals surface area contributed by atoms with Crippen molar-refractivity contribution in [1.82, 2.24) is 10.3 Å². The van der Waals surface area contributed by atoms with Gasteiger partial charge >= 0.3 is 0 Å². The van der Waals surface area contributed by atoms with Crippen LogP contribution in [0.5, 0.6) is 5.75 Å². The highest BCUT2D eigenvalue weighted by Gasteiger charge is 2.11. The third-order valence-corrected chi connectivity index (χ3v) is 4.29. The number of thiazole rings is 1. The number of aromatic nitrogens is 1. The van der Waals surface area contributed by atoms with E-state index in [1.165, 1.54) is 10.6 Å². The third-order valence-electron chi connectivity index (χ3n) is 3.14. The Balaban J connectivity index is 2.23. The van der Waals surface area contributed by atoms with Gasteiger partial charge in [0.05, 0.1) is 12.8 Å². The van der Waals surface area contributed by atoms with Crippen LogP contribution >= 0.6 is 11.3 Å². The molecule has 1 aromatic carbocycles. The van der Waals surface area contributed by atoms with E-state index in [9.17, 15) is 0 Å². The Morgan fingerprint density at radius 1 is 1.30 bits per heavy atom. The number of hydrogen-bond donors (Lipinski definition) is 1.